The van der Waals surface area contributed by atoms with Gasteiger partial charge >= 0.3 is 0 Å². The van der Waals surface area contributed by atoms with E-state index in [9.17, 15) is 0 Å². The maximum atomic E-state index is 2.75. The van der Waals surface area contributed by atoms with Gasteiger partial charge in [0.05, 0.1) is 0 Å². The standard InChI is InChI=1S/C28H29N/c1-4-10-22(11-5-1)16-17-26-23-18-20-29(21-19-23)28(26)27(24-12-6-2-7-13-24)25-14-8-3-9-15-25/h1-15,17,23,27-28H,16,18-21H2/b26-17+. The molecule has 3 aromatic carbocycles. The van der Waals surface area contributed by atoms with Crippen LogP contribution in [0.4, 0.5) is 0 Å². The molecule has 0 aromatic heterocycles. The predicted molar refractivity (Wildman–Crippen MR) is 121 cm³/mol. The molecule has 3 aliphatic rings. The first-order valence-corrected chi connectivity index (χ1v) is 11.0. The van der Waals surface area contributed by atoms with Gasteiger partial charge in [0.1, 0.15) is 0 Å². The van der Waals surface area contributed by atoms with Crippen molar-refractivity contribution in [3.8, 4) is 0 Å². The van der Waals surface area contributed by atoms with E-state index >= 15 is 0 Å². The Bertz CT molecular complexity index is 898. The Hall–Kier alpha value is -2.64. The quantitative estimate of drug-likeness (QED) is 0.486. The smallest absolute Gasteiger partial charge is 0.0419 e. The summed E-state index contributed by atoms with van der Waals surface area (Å²) in [6, 6.07) is 33.7. The summed E-state index contributed by atoms with van der Waals surface area (Å²) in [5, 5.41) is 0. The minimum atomic E-state index is 0.391. The van der Waals surface area contributed by atoms with Gasteiger partial charge in [-0.1, -0.05) is 103 Å². The zero-order valence-corrected chi connectivity index (χ0v) is 17.0. The molecule has 3 aromatic rings. The van der Waals surface area contributed by atoms with E-state index in [-0.39, 0.29) is 0 Å². The second-order valence-electron chi connectivity index (χ2n) is 8.45. The molecular formula is C28H29N. The average molecular weight is 380 g/mol. The molecule has 0 aliphatic carbocycles. The molecular weight excluding hydrogens is 350 g/mol. The summed E-state index contributed by atoms with van der Waals surface area (Å²) in [5.41, 5.74) is 5.94. The third-order valence-electron chi connectivity index (χ3n) is 6.79. The molecule has 3 heterocycles. The largest absolute Gasteiger partial charge is 0.296 e. The lowest BCUT2D eigenvalue weighted by Gasteiger charge is -2.51. The topological polar surface area (TPSA) is 3.24 Å². The molecule has 1 unspecified atom stereocenters. The van der Waals surface area contributed by atoms with Crippen molar-refractivity contribution < 1.29 is 0 Å². The molecule has 3 aliphatic heterocycles. The van der Waals surface area contributed by atoms with Crippen LogP contribution in [0.1, 0.15) is 35.4 Å². The first kappa shape index (κ1) is 18.4. The second-order valence-corrected chi connectivity index (χ2v) is 8.45. The number of allylic oxidation sites excluding steroid dienone is 1. The minimum Gasteiger partial charge on any atom is -0.296 e. The summed E-state index contributed by atoms with van der Waals surface area (Å²) in [7, 11) is 0. The zero-order chi connectivity index (χ0) is 19.5. The SMILES string of the molecule is C(/Cc1ccccc1)=C1/C2CCN(CC2)C1C(c1ccccc1)c1ccccc1. The monoisotopic (exact) mass is 379 g/mol. The molecule has 2 bridgehead atoms. The van der Waals surface area contributed by atoms with Crippen LogP contribution < -0.4 is 0 Å². The highest BCUT2D eigenvalue weighted by atomic mass is 15.2. The Labute approximate surface area is 174 Å². The van der Waals surface area contributed by atoms with Crippen molar-refractivity contribution in [2.45, 2.75) is 31.2 Å². The van der Waals surface area contributed by atoms with Gasteiger partial charge in [0.2, 0.25) is 0 Å². The van der Waals surface area contributed by atoms with Gasteiger partial charge in [0.25, 0.3) is 0 Å². The highest BCUT2D eigenvalue weighted by Gasteiger charge is 2.42. The van der Waals surface area contributed by atoms with Crippen LogP contribution in [0.3, 0.4) is 0 Å². The molecule has 146 valence electrons. The zero-order valence-electron chi connectivity index (χ0n) is 17.0. The Morgan fingerprint density at radius 2 is 1.24 bits per heavy atom. The van der Waals surface area contributed by atoms with Crippen molar-refractivity contribution in [2.75, 3.05) is 13.1 Å². The maximum absolute atomic E-state index is 2.75. The molecule has 1 atom stereocenters. The van der Waals surface area contributed by atoms with Crippen LogP contribution in [0.5, 0.6) is 0 Å². The molecule has 0 saturated carbocycles. The van der Waals surface area contributed by atoms with Crippen molar-refractivity contribution in [3.05, 3.63) is 119 Å². The van der Waals surface area contributed by atoms with E-state index in [1.807, 2.05) is 0 Å². The average Bonchev–Trinajstić information content (AvgIpc) is 2.81. The van der Waals surface area contributed by atoms with Gasteiger partial charge in [-0.15, -0.1) is 0 Å². The molecule has 1 nitrogen and oxygen atoms in total. The van der Waals surface area contributed by atoms with E-state index < -0.39 is 0 Å². The van der Waals surface area contributed by atoms with Crippen molar-refractivity contribution in [2.24, 2.45) is 5.92 Å². The molecule has 3 saturated heterocycles. The highest BCUT2D eigenvalue weighted by Crippen LogP contribution is 2.45. The Kier molecular flexibility index (Phi) is 5.32. The Morgan fingerprint density at radius 3 is 1.79 bits per heavy atom. The lowest BCUT2D eigenvalue weighted by Crippen LogP contribution is -2.53. The highest BCUT2D eigenvalue weighted by molar-refractivity contribution is 5.40. The van der Waals surface area contributed by atoms with E-state index in [0.717, 1.165) is 12.3 Å². The fourth-order valence-electron chi connectivity index (χ4n) is 5.38. The van der Waals surface area contributed by atoms with Gasteiger partial charge in [-0.25, -0.2) is 0 Å². The van der Waals surface area contributed by atoms with Gasteiger partial charge in [0.15, 0.2) is 0 Å². The van der Waals surface area contributed by atoms with E-state index in [0.29, 0.717) is 12.0 Å². The minimum absolute atomic E-state index is 0.391. The summed E-state index contributed by atoms with van der Waals surface area (Å²) in [6.07, 6.45) is 6.23. The number of hydrogen-bond acceptors (Lipinski definition) is 1. The lowest BCUT2D eigenvalue weighted by molar-refractivity contribution is 0.0936. The van der Waals surface area contributed by atoms with Crippen LogP contribution in [0, 0.1) is 5.92 Å². The number of benzene rings is 3. The summed E-state index contributed by atoms with van der Waals surface area (Å²) in [5.74, 6) is 1.13. The molecule has 0 N–H and O–H groups in total. The van der Waals surface area contributed by atoms with Crippen LogP contribution in [-0.2, 0) is 6.42 Å². The molecule has 0 spiro atoms. The van der Waals surface area contributed by atoms with Crippen molar-refractivity contribution in [1.82, 2.24) is 4.90 Å². The molecule has 3 fully saturated rings. The lowest BCUT2D eigenvalue weighted by atomic mass is 9.70. The number of fused-ring (bicyclic) bond motifs is 3. The molecule has 0 amide bonds. The van der Waals surface area contributed by atoms with Gasteiger partial charge in [-0.05, 0) is 55.0 Å². The molecule has 0 radical (unpaired) electrons. The fourth-order valence-corrected chi connectivity index (χ4v) is 5.38. The van der Waals surface area contributed by atoms with Crippen molar-refractivity contribution >= 4 is 0 Å². The normalized spacial score (nSPS) is 24.9. The van der Waals surface area contributed by atoms with E-state index in [2.05, 4.69) is 102 Å². The number of piperidine rings is 3. The summed E-state index contributed by atoms with van der Waals surface area (Å²) < 4.78 is 0. The van der Waals surface area contributed by atoms with E-state index in [4.69, 9.17) is 0 Å². The number of rotatable bonds is 5. The first-order valence-electron chi connectivity index (χ1n) is 11.0. The van der Waals surface area contributed by atoms with Crippen molar-refractivity contribution in [3.63, 3.8) is 0 Å². The van der Waals surface area contributed by atoms with Gasteiger partial charge < -0.3 is 0 Å². The number of nitrogens with zero attached hydrogens (tertiary/aromatic N) is 1. The summed E-state index contributed by atoms with van der Waals surface area (Å²) in [4.78, 5) is 2.75. The van der Waals surface area contributed by atoms with Crippen LogP contribution >= 0.6 is 0 Å². The van der Waals surface area contributed by atoms with Crippen LogP contribution in [0.25, 0.3) is 0 Å². The van der Waals surface area contributed by atoms with Crippen LogP contribution in [0.15, 0.2) is 103 Å². The fraction of sp³-hybridized carbons (Fsp3) is 0.286. The third kappa shape index (κ3) is 3.80. The molecule has 1 heteroatoms. The molecule has 29 heavy (non-hydrogen) atoms. The van der Waals surface area contributed by atoms with Crippen LogP contribution in [-0.4, -0.2) is 24.0 Å². The van der Waals surface area contributed by atoms with E-state index in [1.54, 1.807) is 5.57 Å². The number of hydrogen-bond donors (Lipinski definition) is 0. The van der Waals surface area contributed by atoms with Crippen molar-refractivity contribution in [1.29, 1.82) is 0 Å². The van der Waals surface area contributed by atoms with E-state index in [1.165, 1.54) is 42.6 Å². The first-order chi connectivity index (χ1) is 14.4. The maximum Gasteiger partial charge on any atom is 0.0419 e. The third-order valence-corrected chi connectivity index (χ3v) is 6.79. The Balaban J connectivity index is 1.57. The summed E-state index contributed by atoms with van der Waals surface area (Å²) >= 11 is 0. The summed E-state index contributed by atoms with van der Waals surface area (Å²) in [6.45, 7) is 2.46. The van der Waals surface area contributed by atoms with Gasteiger partial charge in [0, 0.05) is 12.0 Å². The Morgan fingerprint density at radius 1 is 0.724 bits per heavy atom. The second kappa shape index (κ2) is 8.39. The van der Waals surface area contributed by atoms with Gasteiger partial charge in [-0.2, -0.15) is 0 Å². The van der Waals surface area contributed by atoms with Crippen LogP contribution in [0.2, 0.25) is 0 Å². The predicted octanol–water partition coefficient (Wildman–Crippen LogP) is 6.08. The molecule has 6 rings (SSSR count). The van der Waals surface area contributed by atoms with Gasteiger partial charge in [-0.3, -0.25) is 4.90 Å².